The second-order valence-corrected chi connectivity index (χ2v) is 7.30. The molecular formula is C12H17Br2NO2S. The van der Waals surface area contributed by atoms with E-state index in [0.29, 0.717) is 5.75 Å². The van der Waals surface area contributed by atoms with Crippen LogP contribution in [0.5, 0.6) is 5.75 Å². The molecule has 0 aliphatic rings. The Labute approximate surface area is 127 Å². The van der Waals surface area contributed by atoms with Crippen molar-refractivity contribution in [3.63, 3.8) is 0 Å². The van der Waals surface area contributed by atoms with Crippen molar-refractivity contribution in [2.24, 2.45) is 0 Å². The van der Waals surface area contributed by atoms with E-state index in [0.717, 1.165) is 26.8 Å². The minimum Gasteiger partial charge on any atom is -0.494 e. The number of benzene rings is 1. The molecule has 0 bridgehead atoms. The Morgan fingerprint density at radius 2 is 1.94 bits per heavy atom. The van der Waals surface area contributed by atoms with Crippen molar-refractivity contribution in [1.29, 1.82) is 0 Å². The summed E-state index contributed by atoms with van der Waals surface area (Å²) >= 11 is 6.95. The lowest BCUT2D eigenvalue weighted by Gasteiger charge is -2.14. The molecule has 0 heterocycles. The number of nitrogens with one attached hydrogen (secondary N) is 1. The van der Waals surface area contributed by atoms with Gasteiger partial charge in [0.2, 0.25) is 0 Å². The molecule has 1 aromatic rings. The molecule has 0 radical (unpaired) electrons. The minimum atomic E-state index is -0.768. The molecule has 0 aliphatic heterocycles. The van der Waals surface area contributed by atoms with Crippen LogP contribution in [0.25, 0.3) is 0 Å². The van der Waals surface area contributed by atoms with Gasteiger partial charge in [0.15, 0.2) is 0 Å². The van der Waals surface area contributed by atoms with Crippen LogP contribution < -0.4 is 10.1 Å². The van der Waals surface area contributed by atoms with Gasteiger partial charge in [-0.05, 0) is 56.5 Å². The molecule has 0 spiro atoms. The highest BCUT2D eigenvalue weighted by Crippen LogP contribution is 2.34. The molecule has 0 saturated heterocycles. The molecular weight excluding hydrogens is 382 g/mol. The van der Waals surface area contributed by atoms with Crippen molar-refractivity contribution in [3.8, 4) is 5.75 Å². The fraction of sp³-hybridized carbons (Fsp3) is 0.500. The van der Waals surface area contributed by atoms with Crippen LogP contribution in [0, 0.1) is 0 Å². The summed E-state index contributed by atoms with van der Waals surface area (Å²) in [4.78, 5) is 0. The second-order valence-electron chi connectivity index (χ2n) is 4.11. The lowest BCUT2D eigenvalue weighted by molar-refractivity contribution is 0.409. The highest BCUT2D eigenvalue weighted by Gasteiger charge is 2.09. The summed E-state index contributed by atoms with van der Waals surface area (Å²) < 4.78 is 18.2. The van der Waals surface area contributed by atoms with Crippen LogP contribution in [0.1, 0.15) is 12.5 Å². The quantitative estimate of drug-likeness (QED) is 0.800. The average Bonchev–Trinajstić information content (AvgIpc) is 2.25. The molecule has 1 rings (SSSR count). The third-order valence-electron chi connectivity index (χ3n) is 2.40. The predicted molar refractivity (Wildman–Crippen MR) is 83.6 cm³/mol. The minimum absolute atomic E-state index is 0.232. The molecule has 2 atom stereocenters. The summed E-state index contributed by atoms with van der Waals surface area (Å²) in [7, 11) is 0.872. The topological polar surface area (TPSA) is 38.3 Å². The number of methoxy groups -OCH3 is 1. The first kappa shape index (κ1) is 16.1. The molecule has 3 nitrogen and oxygen atoms in total. The van der Waals surface area contributed by atoms with E-state index in [9.17, 15) is 4.21 Å². The van der Waals surface area contributed by atoms with Crippen LogP contribution in [-0.4, -0.2) is 29.4 Å². The third kappa shape index (κ3) is 4.99. The van der Waals surface area contributed by atoms with Gasteiger partial charge in [-0.2, -0.15) is 0 Å². The van der Waals surface area contributed by atoms with Crippen molar-refractivity contribution in [2.45, 2.75) is 19.5 Å². The molecule has 0 saturated carbocycles. The number of hydrogen-bond donors (Lipinski definition) is 1. The first-order valence-corrected chi connectivity index (χ1v) is 8.80. The Morgan fingerprint density at radius 1 is 1.39 bits per heavy atom. The van der Waals surface area contributed by atoms with E-state index in [2.05, 4.69) is 37.2 Å². The zero-order valence-electron chi connectivity index (χ0n) is 10.6. The van der Waals surface area contributed by atoms with Gasteiger partial charge in [0, 0.05) is 35.4 Å². The Bertz CT molecular complexity index is 417. The normalized spacial score (nSPS) is 14.3. The first-order chi connectivity index (χ1) is 8.43. The fourth-order valence-electron chi connectivity index (χ4n) is 1.61. The van der Waals surface area contributed by atoms with Crippen LogP contribution in [0.2, 0.25) is 0 Å². The lowest BCUT2D eigenvalue weighted by Crippen LogP contribution is -2.30. The molecule has 1 aromatic carbocycles. The highest BCUT2D eigenvalue weighted by atomic mass is 79.9. The first-order valence-electron chi connectivity index (χ1n) is 5.49. The standard InChI is InChI=1S/C12H17Br2NO2S/c1-8(7-18(3)16)15-6-9-4-10(13)12(17-2)11(14)5-9/h4-5,8,15H,6-7H2,1-3H3. The Kier molecular flexibility index (Phi) is 6.84. The van der Waals surface area contributed by atoms with Crippen molar-refractivity contribution < 1.29 is 8.95 Å². The smallest absolute Gasteiger partial charge is 0.147 e. The lowest BCUT2D eigenvalue weighted by atomic mass is 10.2. The van der Waals surface area contributed by atoms with Crippen molar-refractivity contribution >= 4 is 42.7 Å². The number of rotatable bonds is 6. The molecule has 2 unspecified atom stereocenters. The van der Waals surface area contributed by atoms with E-state index in [1.807, 2.05) is 19.1 Å². The van der Waals surface area contributed by atoms with Crippen LogP contribution in [0.15, 0.2) is 21.1 Å². The Balaban J connectivity index is 2.66. The van der Waals surface area contributed by atoms with Gasteiger partial charge in [-0.1, -0.05) is 0 Å². The van der Waals surface area contributed by atoms with Crippen LogP contribution in [0.3, 0.4) is 0 Å². The van der Waals surface area contributed by atoms with Crippen molar-refractivity contribution in [1.82, 2.24) is 5.32 Å². The predicted octanol–water partition coefficient (Wildman–Crippen LogP) is 3.08. The maximum Gasteiger partial charge on any atom is 0.147 e. The summed E-state index contributed by atoms with van der Waals surface area (Å²) in [5.74, 6) is 1.46. The van der Waals surface area contributed by atoms with Crippen molar-refractivity contribution in [2.75, 3.05) is 19.1 Å². The SMILES string of the molecule is COc1c(Br)cc(CNC(C)CS(C)=O)cc1Br. The van der Waals surface area contributed by atoms with Crippen molar-refractivity contribution in [3.05, 3.63) is 26.6 Å². The summed E-state index contributed by atoms with van der Waals surface area (Å²) in [5, 5.41) is 3.35. The molecule has 0 aromatic heterocycles. The highest BCUT2D eigenvalue weighted by molar-refractivity contribution is 9.11. The molecule has 0 aliphatic carbocycles. The maximum absolute atomic E-state index is 11.1. The van der Waals surface area contributed by atoms with E-state index >= 15 is 0 Å². The Morgan fingerprint density at radius 3 is 2.39 bits per heavy atom. The van der Waals surface area contributed by atoms with Gasteiger partial charge in [0.25, 0.3) is 0 Å². The van der Waals surface area contributed by atoms with E-state index in [1.165, 1.54) is 0 Å². The average molecular weight is 399 g/mol. The molecule has 0 amide bonds. The third-order valence-corrected chi connectivity index (χ3v) is 4.55. The molecule has 18 heavy (non-hydrogen) atoms. The number of halogens is 2. The van der Waals surface area contributed by atoms with Gasteiger partial charge < -0.3 is 10.1 Å². The fourth-order valence-corrected chi connectivity index (χ4v) is 4.04. The van der Waals surface area contributed by atoms with Gasteiger partial charge >= 0.3 is 0 Å². The summed E-state index contributed by atoms with van der Waals surface area (Å²) in [5.41, 5.74) is 1.14. The van der Waals surface area contributed by atoms with Crippen LogP contribution in [0.4, 0.5) is 0 Å². The number of ether oxygens (including phenoxy) is 1. The summed E-state index contributed by atoms with van der Waals surface area (Å²) in [6, 6.07) is 4.27. The van der Waals surface area contributed by atoms with E-state index < -0.39 is 10.8 Å². The molecule has 102 valence electrons. The maximum atomic E-state index is 11.1. The van der Waals surface area contributed by atoms with E-state index in [1.54, 1.807) is 13.4 Å². The van der Waals surface area contributed by atoms with Crippen LogP contribution in [-0.2, 0) is 17.3 Å². The van der Waals surface area contributed by atoms with Crippen LogP contribution >= 0.6 is 31.9 Å². The summed E-state index contributed by atoms with van der Waals surface area (Å²) in [6.45, 7) is 2.77. The van der Waals surface area contributed by atoms with Gasteiger partial charge in [-0.3, -0.25) is 4.21 Å². The molecule has 1 N–H and O–H groups in total. The van der Waals surface area contributed by atoms with Gasteiger partial charge in [0.05, 0.1) is 16.1 Å². The van der Waals surface area contributed by atoms with Gasteiger partial charge in [-0.15, -0.1) is 0 Å². The number of hydrogen-bond acceptors (Lipinski definition) is 3. The molecule has 0 fully saturated rings. The van der Waals surface area contributed by atoms with E-state index in [4.69, 9.17) is 4.74 Å². The largest absolute Gasteiger partial charge is 0.494 e. The zero-order valence-corrected chi connectivity index (χ0v) is 14.6. The van der Waals surface area contributed by atoms with Gasteiger partial charge in [0.1, 0.15) is 5.75 Å². The Hall–Kier alpha value is 0.0900. The zero-order chi connectivity index (χ0) is 13.7. The molecule has 6 heteroatoms. The monoisotopic (exact) mass is 397 g/mol. The second kappa shape index (κ2) is 7.62. The summed E-state index contributed by atoms with van der Waals surface area (Å²) in [6.07, 6.45) is 1.72. The van der Waals surface area contributed by atoms with E-state index in [-0.39, 0.29) is 6.04 Å². The van der Waals surface area contributed by atoms with Gasteiger partial charge in [-0.25, -0.2) is 0 Å².